The van der Waals surface area contributed by atoms with Crippen LogP contribution in [0.25, 0.3) is 0 Å². The first kappa shape index (κ1) is 13.1. The molecule has 0 saturated heterocycles. The van der Waals surface area contributed by atoms with Gasteiger partial charge < -0.3 is 15.8 Å². The summed E-state index contributed by atoms with van der Waals surface area (Å²) < 4.78 is 5.76. The number of nitrogens with one attached hydrogen (secondary N) is 1. The Morgan fingerprint density at radius 2 is 2.16 bits per heavy atom. The van der Waals surface area contributed by atoms with Crippen molar-refractivity contribution in [3.63, 3.8) is 0 Å². The van der Waals surface area contributed by atoms with Gasteiger partial charge in [0.15, 0.2) is 0 Å². The van der Waals surface area contributed by atoms with Crippen LogP contribution in [0.15, 0.2) is 36.7 Å². The summed E-state index contributed by atoms with van der Waals surface area (Å²) in [5.41, 5.74) is 6.40. The maximum atomic E-state index is 5.76. The molecule has 1 heterocycles. The molecule has 0 spiro atoms. The fraction of sp³-hybridized carbons (Fsp3) is 0.286. The van der Waals surface area contributed by atoms with Crippen LogP contribution >= 0.6 is 0 Å². The van der Waals surface area contributed by atoms with E-state index in [4.69, 9.17) is 10.5 Å². The van der Waals surface area contributed by atoms with Crippen LogP contribution in [-0.2, 0) is 0 Å². The minimum absolute atomic E-state index is 0.201. The van der Waals surface area contributed by atoms with Crippen molar-refractivity contribution < 1.29 is 4.74 Å². The molecule has 0 aliphatic heterocycles. The van der Waals surface area contributed by atoms with Gasteiger partial charge in [-0.15, -0.1) is 0 Å². The molecule has 0 radical (unpaired) electrons. The third-order valence-electron chi connectivity index (χ3n) is 2.69. The molecule has 100 valence electrons. The lowest BCUT2D eigenvalue weighted by Crippen LogP contribution is -2.09. The molecule has 1 unspecified atom stereocenters. The highest BCUT2D eigenvalue weighted by molar-refractivity contribution is 5.57. The number of anilines is 3. The van der Waals surface area contributed by atoms with Gasteiger partial charge in [0, 0.05) is 11.8 Å². The van der Waals surface area contributed by atoms with E-state index in [2.05, 4.69) is 22.2 Å². The molecule has 2 aromatic rings. The van der Waals surface area contributed by atoms with Crippen molar-refractivity contribution in [3.8, 4) is 5.75 Å². The number of hydrogen-bond donors (Lipinski definition) is 2. The number of nitrogens with zero attached hydrogens (tertiary/aromatic N) is 2. The lowest BCUT2D eigenvalue weighted by atomic mass is 10.2. The van der Waals surface area contributed by atoms with E-state index < -0.39 is 0 Å². The minimum atomic E-state index is 0.201. The minimum Gasteiger partial charge on any atom is -0.491 e. The smallest absolute Gasteiger partial charge is 0.149 e. The van der Waals surface area contributed by atoms with E-state index in [-0.39, 0.29) is 6.10 Å². The number of nitrogen functional groups attached to an aromatic ring is 1. The van der Waals surface area contributed by atoms with Gasteiger partial charge in [0.25, 0.3) is 0 Å². The molecule has 5 nitrogen and oxygen atoms in total. The third-order valence-corrected chi connectivity index (χ3v) is 2.69. The fourth-order valence-corrected chi connectivity index (χ4v) is 1.51. The Morgan fingerprint density at radius 1 is 1.32 bits per heavy atom. The first-order valence-electron chi connectivity index (χ1n) is 6.28. The maximum Gasteiger partial charge on any atom is 0.149 e. The Kier molecular flexibility index (Phi) is 4.18. The van der Waals surface area contributed by atoms with E-state index >= 15 is 0 Å². The van der Waals surface area contributed by atoms with E-state index in [1.54, 1.807) is 6.20 Å². The van der Waals surface area contributed by atoms with Crippen molar-refractivity contribution in [1.29, 1.82) is 0 Å². The first-order valence-corrected chi connectivity index (χ1v) is 6.28. The lowest BCUT2D eigenvalue weighted by molar-refractivity contribution is 0.217. The van der Waals surface area contributed by atoms with Crippen molar-refractivity contribution in [2.45, 2.75) is 26.4 Å². The van der Waals surface area contributed by atoms with E-state index in [0.717, 1.165) is 17.9 Å². The zero-order chi connectivity index (χ0) is 13.7. The number of ether oxygens (including phenoxy) is 1. The summed E-state index contributed by atoms with van der Waals surface area (Å²) in [6, 6.07) is 7.75. The molecule has 1 atom stereocenters. The van der Waals surface area contributed by atoms with Crippen molar-refractivity contribution in [1.82, 2.24) is 9.97 Å². The molecule has 5 heteroatoms. The predicted octanol–water partition coefficient (Wildman–Crippen LogP) is 2.98. The maximum absolute atomic E-state index is 5.76. The Morgan fingerprint density at radius 3 is 2.84 bits per heavy atom. The highest BCUT2D eigenvalue weighted by Crippen LogP contribution is 2.21. The van der Waals surface area contributed by atoms with Gasteiger partial charge in [0.1, 0.15) is 17.4 Å². The molecular weight excluding hydrogens is 240 g/mol. The van der Waals surface area contributed by atoms with Crippen LogP contribution in [0, 0.1) is 0 Å². The molecule has 0 aliphatic rings. The van der Waals surface area contributed by atoms with Crippen molar-refractivity contribution in [2.75, 3.05) is 11.1 Å². The van der Waals surface area contributed by atoms with Gasteiger partial charge in [-0.2, -0.15) is 0 Å². The summed E-state index contributed by atoms with van der Waals surface area (Å²) >= 11 is 0. The van der Waals surface area contributed by atoms with Gasteiger partial charge in [-0.3, -0.25) is 0 Å². The standard InChI is InChI=1S/C14H18N4O/c1-3-10(2)19-12-6-4-5-11(7-12)18-14-9-16-13(15)8-17-14/h4-10H,3H2,1-2H3,(H2,15,16)(H,17,18). The molecule has 1 aromatic carbocycles. The van der Waals surface area contributed by atoms with Crippen LogP contribution in [0.2, 0.25) is 0 Å². The summed E-state index contributed by atoms with van der Waals surface area (Å²) in [7, 11) is 0. The normalized spacial score (nSPS) is 11.9. The van der Waals surface area contributed by atoms with Gasteiger partial charge in [-0.1, -0.05) is 13.0 Å². The van der Waals surface area contributed by atoms with Gasteiger partial charge in [0.05, 0.1) is 18.5 Å². The van der Waals surface area contributed by atoms with Crippen LogP contribution in [-0.4, -0.2) is 16.1 Å². The molecule has 0 aliphatic carbocycles. The van der Waals surface area contributed by atoms with E-state index in [1.165, 1.54) is 6.20 Å². The molecular formula is C14H18N4O. The summed E-state index contributed by atoms with van der Waals surface area (Å²) in [6.07, 6.45) is 4.28. The fourth-order valence-electron chi connectivity index (χ4n) is 1.51. The predicted molar refractivity (Wildman–Crippen MR) is 76.6 cm³/mol. The molecule has 2 rings (SSSR count). The van der Waals surface area contributed by atoms with Crippen LogP contribution in [0.3, 0.4) is 0 Å². The van der Waals surface area contributed by atoms with E-state index in [9.17, 15) is 0 Å². The van der Waals surface area contributed by atoms with Gasteiger partial charge in [0.2, 0.25) is 0 Å². The summed E-state index contributed by atoms with van der Waals surface area (Å²) in [5, 5.41) is 3.15. The van der Waals surface area contributed by atoms with Gasteiger partial charge in [-0.25, -0.2) is 9.97 Å². The van der Waals surface area contributed by atoms with Gasteiger partial charge >= 0.3 is 0 Å². The number of nitrogens with two attached hydrogens (primary N) is 1. The zero-order valence-corrected chi connectivity index (χ0v) is 11.1. The second-order valence-electron chi connectivity index (χ2n) is 4.32. The molecule has 3 N–H and O–H groups in total. The Bertz CT molecular complexity index is 527. The number of benzene rings is 1. The van der Waals surface area contributed by atoms with Gasteiger partial charge in [-0.05, 0) is 25.5 Å². The molecule has 0 amide bonds. The Balaban J connectivity index is 2.08. The second-order valence-corrected chi connectivity index (χ2v) is 4.32. The topological polar surface area (TPSA) is 73.1 Å². The molecule has 0 bridgehead atoms. The molecule has 0 saturated carbocycles. The number of hydrogen-bond acceptors (Lipinski definition) is 5. The van der Waals surface area contributed by atoms with Crippen molar-refractivity contribution in [2.24, 2.45) is 0 Å². The average molecular weight is 258 g/mol. The molecule has 19 heavy (non-hydrogen) atoms. The number of rotatable bonds is 5. The summed E-state index contributed by atoms with van der Waals surface area (Å²) in [4.78, 5) is 8.12. The van der Waals surface area contributed by atoms with Crippen LogP contribution in [0.4, 0.5) is 17.3 Å². The van der Waals surface area contributed by atoms with Crippen LogP contribution < -0.4 is 15.8 Å². The van der Waals surface area contributed by atoms with Crippen LogP contribution in [0.5, 0.6) is 5.75 Å². The second kappa shape index (κ2) is 6.04. The average Bonchev–Trinajstić information content (AvgIpc) is 2.42. The highest BCUT2D eigenvalue weighted by atomic mass is 16.5. The quantitative estimate of drug-likeness (QED) is 0.862. The monoisotopic (exact) mass is 258 g/mol. The molecule has 1 aromatic heterocycles. The SMILES string of the molecule is CCC(C)Oc1cccc(Nc2cnc(N)cn2)c1. The Labute approximate surface area is 112 Å². The van der Waals surface area contributed by atoms with Crippen molar-refractivity contribution in [3.05, 3.63) is 36.7 Å². The highest BCUT2D eigenvalue weighted by Gasteiger charge is 2.03. The van der Waals surface area contributed by atoms with E-state index in [0.29, 0.717) is 11.6 Å². The summed E-state index contributed by atoms with van der Waals surface area (Å²) in [6.45, 7) is 4.14. The lowest BCUT2D eigenvalue weighted by Gasteiger charge is -2.13. The molecule has 0 fully saturated rings. The largest absolute Gasteiger partial charge is 0.491 e. The first-order chi connectivity index (χ1) is 9.17. The Hall–Kier alpha value is -2.30. The van der Waals surface area contributed by atoms with E-state index in [1.807, 2.05) is 31.2 Å². The number of aromatic nitrogens is 2. The van der Waals surface area contributed by atoms with Crippen molar-refractivity contribution >= 4 is 17.3 Å². The zero-order valence-electron chi connectivity index (χ0n) is 11.1. The third kappa shape index (κ3) is 3.84. The van der Waals surface area contributed by atoms with Crippen LogP contribution in [0.1, 0.15) is 20.3 Å². The summed E-state index contributed by atoms with van der Waals surface area (Å²) in [5.74, 6) is 1.89.